The molecule has 0 radical (unpaired) electrons. The van der Waals surface area contributed by atoms with Crippen LogP contribution in [-0.2, 0) is 0 Å². The lowest BCUT2D eigenvalue weighted by Gasteiger charge is -2.19. The third kappa shape index (κ3) is 5.00. The van der Waals surface area contributed by atoms with Gasteiger partial charge >= 0.3 is 0 Å². The molecule has 0 aliphatic heterocycles. The van der Waals surface area contributed by atoms with Crippen LogP contribution < -0.4 is 15.2 Å². The van der Waals surface area contributed by atoms with E-state index in [1.807, 2.05) is 18.2 Å². The van der Waals surface area contributed by atoms with Crippen molar-refractivity contribution in [3.05, 3.63) is 59.2 Å². The highest BCUT2D eigenvalue weighted by Crippen LogP contribution is 2.30. The number of aryl methyl sites for hydroxylation is 2. The van der Waals surface area contributed by atoms with E-state index in [-0.39, 0.29) is 0 Å². The number of benzene rings is 2. The first-order valence-corrected chi connectivity index (χ1v) is 8.18. The van der Waals surface area contributed by atoms with E-state index in [1.54, 1.807) is 7.11 Å². The van der Waals surface area contributed by atoms with Gasteiger partial charge in [-0.2, -0.15) is 0 Å². The molecule has 23 heavy (non-hydrogen) atoms. The van der Waals surface area contributed by atoms with Crippen LogP contribution >= 0.6 is 0 Å². The Morgan fingerprint density at radius 1 is 1.00 bits per heavy atom. The number of hydrogen-bond donors (Lipinski definition) is 1. The zero-order chi connectivity index (χ0) is 16.7. The van der Waals surface area contributed by atoms with Crippen LogP contribution in [0.5, 0.6) is 11.5 Å². The van der Waals surface area contributed by atoms with Crippen LogP contribution in [0, 0.1) is 13.8 Å². The van der Waals surface area contributed by atoms with E-state index >= 15 is 0 Å². The standard InChI is InChI=1S/C20H27NO2/c1-15-6-9-18(10-7-15)23-12-4-5-17(14-21)19-13-16(2)8-11-20(19)22-3/h6-11,13,17H,4-5,12,14,21H2,1-3H3. The minimum Gasteiger partial charge on any atom is -0.496 e. The number of hydrogen-bond acceptors (Lipinski definition) is 3. The van der Waals surface area contributed by atoms with Crippen LogP contribution in [0.4, 0.5) is 0 Å². The van der Waals surface area contributed by atoms with Crippen LogP contribution in [0.25, 0.3) is 0 Å². The molecule has 0 heterocycles. The van der Waals surface area contributed by atoms with E-state index in [0.717, 1.165) is 24.3 Å². The second kappa shape index (κ2) is 8.59. The maximum Gasteiger partial charge on any atom is 0.122 e. The van der Waals surface area contributed by atoms with E-state index in [4.69, 9.17) is 15.2 Å². The first-order valence-electron chi connectivity index (χ1n) is 8.18. The van der Waals surface area contributed by atoms with E-state index in [1.165, 1.54) is 16.7 Å². The van der Waals surface area contributed by atoms with Crippen LogP contribution in [-0.4, -0.2) is 20.3 Å². The van der Waals surface area contributed by atoms with Gasteiger partial charge in [-0.05, 0) is 62.9 Å². The molecule has 0 amide bonds. The summed E-state index contributed by atoms with van der Waals surface area (Å²) in [7, 11) is 1.71. The summed E-state index contributed by atoms with van der Waals surface area (Å²) in [6.45, 7) is 5.49. The van der Waals surface area contributed by atoms with Gasteiger partial charge in [0.05, 0.1) is 13.7 Å². The Bertz CT molecular complexity index is 608. The number of nitrogens with two attached hydrogens (primary N) is 1. The van der Waals surface area contributed by atoms with Gasteiger partial charge in [-0.25, -0.2) is 0 Å². The molecule has 0 aliphatic carbocycles. The average Bonchev–Trinajstić information content (AvgIpc) is 2.56. The molecule has 3 nitrogen and oxygen atoms in total. The minimum atomic E-state index is 0.298. The first kappa shape index (κ1) is 17.4. The highest BCUT2D eigenvalue weighted by Gasteiger charge is 2.15. The van der Waals surface area contributed by atoms with Crippen molar-refractivity contribution in [1.82, 2.24) is 0 Å². The Morgan fingerprint density at radius 3 is 2.35 bits per heavy atom. The number of rotatable bonds is 8. The number of methoxy groups -OCH3 is 1. The van der Waals surface area contributed by atoms with Crippen LogP contribution in [0.15, 0.2) is 42.5 Å². The summed E-state index contributed by atoms with van der Waals surface area (Å²) in [5, 5.41) is 0. The highest BCUT2D eigenvalue weighted by atomic mass is 16.5. The fraction of sp³-hybridized carbons (Fsp3) is 0.400. The average molecular weight is 313 g/mol. The predicted molar refractivity (Wildman–Crippen MR) is 95.4 cm³/mol. The summed E-state index contributed by atoms with van der Waals surface area (Å²) in [6, 6.07) is 14.4. The molecule has 0 spiro atoms. The van der Waals surface area contributed by atoms with Gasteiger partial charge in [0.25, 0.3) is 0 Å². The highest BCUT2D eigenvalue weighted by molar-refractivity contribution is 5.39. The molecule has 2 aromatic rings. The molecular formula is C20H27NO2. The van der Waals surface area contributed by atoms with Gasteiger partial charge in [-0.15, -0.1) is 0 Å². The zero-order valence-electron chi connectivity index (χ0n) is 14.3. The third-order valence-corrected chi connectivity index (χ3v) is 4.10. The van der Waals surface area contributed by atoms with Crippen molar-refractivity contribution >= 4 is 0 Å². The number of ether oxygens (including phenoxy) is 2. The largest absolute Gasteiger partial charge is 0.496 e. The summed E-state index contributed by atoms with van der Waals surface area (Å²) in [5.74, 6) is 2.14. The Morgan fingerprint density at radius 2 is 1.70 bits per heavy atom. The molecule has 0 fully saturated rings. The van der Waals surface area contributed by atoms with E-state index in [0.29, 0.717) is 19.1 Å². The normalized spacial score (nSPS) is 12.0. The molecule has 3 heteroatoms. The summed E-state index contributed by atoms with van der Waals surface area (Å²) in [4.78, 5) is 0. The van der Waals surface area contributed by atoms with E-state index < -0.39 is 0 Å². The Kier molecular flexibility index (Phi) is 6.48. The molecule has 2 rings (SSSR count). The second-order valence-electron chi connectivity index (χ2n) is 5.98. The topological polar surface area (TPSA) is 44.5 Å². The fourth-order valence-corrected chi connectivity index (χ4v) is 2.73. The molecule has 2 aromatic carbocycles. The molecule has 2 N–H and O–H groups in total. The van der Waals surface area contributed by atoms with Gasteiger partial charge in [0.1, 0.15) is 11.5 Å². The van der Waals surface area contributed by atoms with Crippen molar-refractivity contribution in [1.29, 1.82) is 0 Å². The summed E-state index contributed by atoms with van der Waals surface area (Å²) in [5.41, 5.74) is 9.67. The van der Waals surface area contributed by atoms with Crippen molar-refractivity contribution in [3.63, 3.8) is 0 Å². The lowest BCUT2D eigenvalue weighted by molar-refractivity contribution is 0.301. The molecule has 0 saturated carbocycles. The first-order chi connectivity index (χ1) is 11.1. The quantitative estimate of drug-likeness (QED) is 0.742. The molecular weight excluding hydrogens is 286 g/mol. The monoisotopic (exact) mass is 313 g/mol. The fourth-order valence-electron chi connectivity index (χ4n) is 2.73. The smallest absolute Gasteiger partial charge is 0.122 e. The van der Waals surface area contributed by atoms with E-state index in [9.17, 15) is 0 Å². The van der Waals surface area contributed by atoms with Gasteiger partial charge in [0.15, 0.2) is 0 Å². The van der Waals surface area contributed by atoms with Gasteiger partial charge in [-0.3, -0.25) is 0 Å². The Balaban J connectivity index is 1.90. The third-order valence-electron chi connectivity index (χ3n) is 4.10. The molecule has 1 atom stereocenters. The van der Waals surface area contributed by atoms with E-state index in [2.05, 4.69) is 38.1 Å². The van der Waals surface area contributed by atoms with Crippen molar-refractivity contribution in [2.24, 2.45) is 5.73 Å². The van der Waals surface area contributed by atoms with Crippen LogP contribution in [0.3, 0.4) is 0 Å². The lowest BCUT2D eigenvalue weighted by atomic mass is 9.92. The van der Waals surface area contributed by atoms with Crippen LogP contribution in [0.1, 0.15) is 35.4 Å². The summed E-state index contributed by atoms with van der Waals surface area (Å²) in [6.07, 6.45) is 1.95. The van der Waals surface area contributed by atoms with Gasteiger partial charge in [0, 0.05) is 0 Å². The molecule has 0 aliphatic rings. The molecule has 0 saturated heterocycles. The van der Waals surface area contributed by atoms with Gasteiger partial charge in [0.2, 0.25) is 0 Å². The maximum atomic E-state index is 5.99. The van der Waals surface area contributed by atoms with Crippen LogP contribution in [0.2, 0.25) is 0 Å². The van der Waals surface area contributed by atoms with Crippen molar-refractivity contribution < 1.29 is 9.47 Å². The molecule has 124 valence electrons. The van der Waals surface area contributed by atoms with Gasteiger partial charge in [-0.1, -0.05) is 35.4 Å². The van der Waals surface area contributed by atoms with Crippen molar-refractivity contribution in [2.75, 3.05) is 20.3 Å². The molecule has 0 bridgehead atoms. The Hall–Kier alpha value is -2.00. The van der Waals surface area contributed by atoms with Gasteiger partial charge < -0.3 is 15.2 Å². The van der Waals surface area contributed by atoms with Crippen molar-refractivity contribution in [3.8, 4) is 11.5 Å². The second-order valence-corrected chi connectivity index (χ2v) is 5.98. The summed E-state index contributed by atoms with van der Waals surface area (Å²) >= 11 is 0. The SMILES string of the molecule is COc1ccc(C)cc1C(CN)CCCOc1ccc(C)cc1. The molecule has 1 unspecified atom stereocenters. The predicted octanol–water partition coefficient (Wildman–Crippen LogP) is 4.21. The summed E-state index contributed by atoms with van der Waals surface area (Å²) < 4.78 is 11.3. The Labute approximate surface area is 139 Å². The van der Waals surface area contributed by atoms with Crippen molar-refractivity contribution in [2.45, 2.75) is 32.6 Å². The zero-order valence-corrected chi connectivity index (χ0v) is 14.3. The minimum absolute atomic E-state index is 0.298. The lowest BCUT2D eigenvalue weighted by Crippen LogP contribution is -2.15. The molecule has 0 aromatic heterocycles. The maximum absolute atomic E-state index is 5.99.